The average Bonchev–Trinajstić information content (AvgIpc) is 3.10. The van der Waals surface area contributed by atoms with Gasteiger partial charge < -0.3 is 15.0 Å². The molecule has 0 aliphatic heterocycles. The van der Waals surface area contributed by atoms with Crippen molar-refractivity contribution in [2.24, 2.45) is 0 Å². The SMILES string of the molecule is C[C@@H](C#N)OC(=O)[C@H](Cc1c[nH]c2ccccc12)NC(=O)c1ccccc1Cl. The summed E-state index contributed by atoms with van der Waals surface area (Å²) in [6.07, 6.45) is 1.08. The Balaban J connectivity index is 1.86. The van der Waals surface area contributed by atoms with Crippen LogP contribution < -0.4 is 5.32 Å². The molecule has 0 aliphatic carbocycles. The smallest absolute Gasteiger partial charge is 0.330 e. The first-order valence-corrected chi connectivity index (χ1v) is 9.08. The maximum absolute atomic E-state index is 12.7. The first-order valence-electron chi connectivity index (χ1n) is 8.70. The number of benzene rings is 2. The van der Waals surface area contributed by atoms with Gasteiger partial charge in [0.25, 0.3) is 5.91 Å². The Hall–Kier alpha value is -3.30. The normalized spacial score (nSPS) is 12.8. The van der Waals surface area contributed by atoms with E-state index in [1.54, 1.807) is 30.5 Å². The molecule has 0 unspecified atom stereocenters. The maximum atomic E-state index is 12.7. The summed E-state index contributed by atoms with van der Waals surface area (Å²) < 4.78 is 5.13. The van der Waals surface area contributed by atoms with E-state index in [-0.39, 0.29) is 17.0 Å². The van der Waals surface area contributed by atoms with Gasteiger partial charge in [-0.05, 0) is 30.7 Å². The minimum absolute atomic E-state index is 0.206. The number of aromatic amines is 1. The Morgan fingerprint density at radius 2 is 1.93 bits per heavy atom. The van der Waals surface area contributed by atoms with Crippen molar-refractivity contribution in [2.45, 2.75) is 25.5 Å². The second-order valence-corrected chi connectivity index (χ2v) is 6.68. The molecule has 0 radical (unpaired) electrons. The quantitative estimate of drug-likeness (QED) is 0.623. The predicted octanol–water partition coefficient (Wildman–Crippen LogP) is 3.62. The Morgan fingerprint density at radius 3 is 2.68 bits per heavy atom. The Morgan fingerprint density at radius 1 is 1.21 bits per heavy atom. The summed E-state index contributed by atoms with van der Waals surface area (Å²) in [6, 6.07) is 15.1. The lowest BCUT2D eigenvalue weighted by molar-refractivity contribution is -0.148. The van der Waals surface area contributed by atoms with Crippen LogP contribution in [0.15, 0.2) is 54.7 Å². The zero-order chi connectivity index (χ0) is 20.1. The van der Waals surface area contributed by atoms with Crippen LogP contribution in [0.25, 0.3) is 10.9 Å². The molecule has 142 valence electrons. The average molecular weight is 396 g/mol. The molecule has 6 nitrogen and oxygen atoms in total. The summed E-state index contributed by atoms with van der Waals surface area (Å²) in [5.41, 5.74) is 2.03. The van der Waals surface area contributed by atoms with Crippen LogP contribution in [0, 0.1) is 11.3 Å². The summed E-state index contributed by atoms with van der Waals surface area (Å²) in [5.74, 6) is -1.17. The van der Waals surface area contributed by atoms with Gasteiger partial charge in [-0.1, -0.05) is 41.9 Å². The number of ether oxygens (including phenoxy) is 1. The van der Waals surface area contributed by atoms with Crippen LogP contribution in [0.3, 0.4) is 0 Å². The number of nitrogens with one attached hydrogen (secondary N) is 2. The molecule has 3 rings (SSSR count). The first kappa shape index (κ1) is 19.5. The van der Waals surface area contributed by atoms with Gasteiger partial charge >= 0.3 is 5.97 Å². The molecule has 1 aromatic heterocycles. The number of hydrogen-bond acceptors (Lipinski definition) is 4. The van der Waals surface area contributed by atoms with Gasteiger partial charge in [-0.25, -0.2) is 4.79 Å². The van der Waals surface area contributed by atoms with Gasteiger partial charge in [0, 0.05) is 23.5 Å². The highest BCUT2D eigenvalue weighted by atomic mass is 35.5. The van der Waals surface area contributed by atoms with Crippen LogP contribution in [0.5, 0.6) is 0 Å². The van der Waals surface area contributed by atoms with E-state index in [9.17, 15) is 9.59 Å². The summed E-state index contributed by atoms with van der Waals surface area (Å²) in [7, 11) is 0. The van der Waals surface area contributed by atoms with Gasteiger partial charge in [-0.2, -0.15) is 5.26 Å². The van der Waals surface area contributed by atoms with Gasteiger partial charge in [0.05, 0.1) is 10.6 Å². The fraction of sp³-hybridized carbons (Fsp3) is 0.190. The Bertz CT molecular complexity index is 1050. The lowest BCUT2D eigenvalue weighted by Crippen LogP contribution is -2.44. The first-order chi connectivity index (χ1) is 13.5. The largest absolute Gasteiger partial charge is 0.446 e. The maximum Gasteiger partial charge on any atom is 0.330 e. The zero-order valence-corrected chi connectivity index (χ0v) is 15.9. The van der Waals surface area contributed by atoms with E-state index in [0.29, 0.717) is 0 Å². The molecule has 2 N–H and O–H groups in total. The molecule has 1 amide bonds. The third-order valence-electron chi connectivity index (χ3n) is 4.28. The van der Waals surface area contributed by atoms with Gasteiger partial charge in [-0.3, -0.25) is 4.79 Å². The number of esters is 1. The van der Waals surface area contributed by atoms with Crippen LogP contribution >= 0.6 is 11.6 Å². The molecule has 7 heteroatoms. The van der Waals surface area contributed by atoms with Crippen LogP contribution in [-0.4, -0.2) is 29.0 Å². The highest BCUT2D eigenvalue weighted by molar-refractivity contribution is 6.33. The fourth-order valence-corrected chi connectivity index (χ4v) is 3.10. The number of para-hydroxylation sites is 1. The van der Waals surface area contributed by atoms with Gasteiger partial charge in [0.1, 0.15) is 12.1 Å². The summed E-state index contributed by atoms with van der Waals surface area (Å²) in [6.45, 7) is 1.47. The van der Waals surface area contributed by atoms with E-state index < -0.39 is 24.0 Å². The molecule has 0 saturated heterocycles. The molecule has 0 aliphatic rings. The summed E-state index contributed by atoms with van der Waals surface area (Å²) in [5, 5.41) is 12.8. The molecule has 0 fully saturated rings. The number of halogens is 1. The number of H-pyrrole nitrogens is 1. The van der Waals surface area contributed by atoms with E-state index in [1.165, 1.54) is 6.92 Å². The monoisotopic (exact) mass is 395 g/mol. The van der Waals surface area contributed by atoms with Crippen LogP contribution in [0.2, 0.25) is 5.02 Å². The Kier molecular flexibility index (Phi) is 5.97. The van der Waals surface area contributed by atoms with Crippen molar-refractivity contribution < 1.29 is 14.3 Å². The second-order valence-electron chi connectivity index (χ2n) is 6.28. The molecular formula is C21H18ClN3O3. The second kappa shape index (κ2) is 8.59. The molecular weight excluding hydrogens is 378 g/mol. The molecule has 1 heterocycles. The number of hydrogen-bond donors (Lipinski definition) is 2. The topological polar surface area (TPSA) is 95.0 Å². The van der Waals surface area contributed by atoms with Crippen molar-refractivity contribution in [3.8, 4) is 6.07 Å². The van der Waals surface area contributed by atoms with Crippen LogP contribution in [0.4, 0.5) is 0 Å². The number of fused-ring (bicyclic) bond motifs is 1. The number of nitriles is 1. The molecule has 0 saturated carbocycles. The highest BCUT2D eigenvalue weighted by Gasteiger charge is 2.26. The minimum atomic E-state index is -0.973. The third kappa shape index (κ3) is 4.33. The van der Waals surface area contributed by atoms with Crippen LogP contribution in [-0.2, 0) is 16.0 Å². The molecule has 3 aromatic rings. The fourth-order valence-electron chi connectivity index (χ4n) is 2.88. The zero-order valence-electron chi connectivity index (χ0n) is 15.1. The lowest BCUT2D eigenvalue weighted by Gasteiger charge is -2.18. The number of aromatic nitrogens is 1. The molecule has 2 atom stereocenters. The highest BCUT2D eigenvalue weighted by Crippen LogP contribution is 2.20. The Labute approximate surface area is 167 Å². The van der Waals surface area contributed by atoms with Crippen molar-refractivity contribution in [1.29, 1.82) is 5.26 Å². The molecule has 0 spiro atoms. The number of carbonyl (C=O) groups is 2. The number of carbonyl (C=O) groups excluding carboxylic acids is 2. The van der Waals surface area contributed by atoms with Crippen molar-refractivity contribution >= 4 is 34.4 Å². The minimum Gasteiger partial charge on any atom is -0.446 e. The van der Waals surface area contributed by atoms with E-state index in [1.807, 2.05) is 30.3 Å². The standard InChI is InChI=1S/C21H18ClN3O3/c1-13(11-23)28-21(27)19(25-20(26)16-7-2-4-8-17(16)22)10-14-12-24-18-9-5-3-6-15(14)18/h2-9,12-13,19,24H,10H2,1H3,(H,25,26)/t13-,19-/m0/s1. The van der Waals surface area contributed by atoms with Gasteiger partial charge in [0.15, 0.2) is 6.10 Å². The van der Waals surface area contributed by atoms with E-state index in [4.69, 9.17) is 21.6 Å². The number of nitrogens with zero attached hydrogens (tertiary/aromatic N) is 1. The summed E-state index contributed by atoms with van der Waals surface area (Å²) in [4.78, 5) is 28.4. The molecule has 28 heavy (non-hydrogen) atoms. The van der Waals surface area contributed by atoms with Crippen molar-refractivity contribution in [3.05, 3.63) is 70.9 Å². The molecule has 0 bridgehead atoms. The number of rotatable bonds is 6. The van der Waals surface area contributed by atoms with Crippen molar-refractivity contribution in [1.82, 2.24) is 10.3 Å². The summed E-state index contributed by atoms with van der Waals surface area (Å²) >= 11 is 6.08. The molecule has 2 aromatic carbocycles. The van der Waals surface area contributed by atoms with E-state index >= 15 is 0 Å². The predicted molar refractivity (Wildman–Crippen MR) is 106 cm³/mol. The number of amides is 1. The van der Waals surface area contributed by atoms with E-state index in [2.05, 4.69) is 10.3 Å². The van der Waals surface area contributed by atoms with E-state index in [0.717, 1.165) is 16.5 Å². The van der Waals surface area contributed by atoms with Crippen molar-refractivity contribution in [3.63, 3.8) is 0 Å². The van der Waals surface area contributed by atoms with Gasteiger partial charge in [-0.15, -0.1) is 0 Å². The van der Waals surface area contributed by atoms with Crippen LogP contribution in [0.1, 0.15) is 22.8 Å². The third-order valence-corrected chi connectivity index (χ3v) is 4.61. The van der Waals surface area contributed by atoms with Crippen molar-refractivity contribution in [2.75, 3.05) is 0 Å². The van der Waals surface area contributed by atoms with Gasteiger partial charge in [0.2, 0.25) is 0 Å². The lowest BCUT2D eigenvalue weighted by atomic mass is 10.0.